The molecule has 0 saturated carbocycles. The van der Waals surface area contributed by atoms with Crippen LogP contribution in [0.25, 0.3) is 0 Å². The van der Waals surface area contributed by atoms with Crippen molar-refractivity contribution < 1.29 is 40.7 Å². The standard InChI is InChI=1S/C21H20F6N2O3S/c1-3-29-6-5-14-15(10-29)33-18(16(14)19(31)32-4-2)28-17(30)11-7-12(20(22,23)24)9-13(8-11)21(25,26)27/h7-9H,3-6,10H2,1-2H3,(H,28,30). The second-order valence-corrected chi connectivity index (χ2v) is 8.40. The molecule has 12 heteroatoms. The molecule has 0 spiro atoms. The molecule has 1 aromatic carbocycles. The fourth-order valence-electron chi connectivity index (χ4n) is 3.49. The normalized spacial score (nSPS) is 14.7. The number of fused-ring (bicyclic) bond motifs is 1. The second kappa shape index (κ2) is 9.34. The van der Waals surface area contributed by atoms with Crippen LogP contribution >= 0.6 is 11.3 Å². The van der Waals surface area contributed by atoms with Crippen LogP contribution in [0.15, 0.2) is 18.2 Å². The molecular weight excluding hydrogens is 474 g/mol. The maximum absolute atomic E-state index is 13.1. The van der Waals surface area contributed by atoms with E-state index in [1.807, 2.05) is 6.92 Å². The van der Waals surface area contributed by atoms with E-state index in [0.717, 1.165) is 22.8 Å². The number of hydrogen-bond acceptors (Lipinski definition) is 5. The van der Waals surface area contributed by atoms with Crippen LogP contribution in [0.4, 0.5) is 31.3 Å². The van der Waals surface area contributed by atoms with Crippen LogP contribution < -0.4 is 5.32 Å². The molecule has 33 heavy (non-hydrogen) atoms. The summed E-state index contributed by atoms with van der Waals surface area (Å²) in [4.78, 5) is 28.2. The zero-order valence-corrected chi connectivity index (χ0v) is 18.4. The third-order valence-corrected chi connectivity index (χ3v) is 6.27. The average molecular weight is 494 g/mol. The number of carbonyl (C=O) groups excluding carboxylic acids is 2. The Morgan fingerprint density at radius 3 is 2.18 bits per heavy atom. The van der Waals surface area contributed by atoms with Crippen molar-refractivity contribution in [3.63, 3.8) is 0 Å². The number of likely N-dealkylation sites (N-methyl/N-ethyl adjacent to an activating group) is 1. The number of hydrogen-bond donors (Lipinski definition) is 1. The monoisotopic (exact) mass is 494 g/mol. The summed E-state index contributed by atoms with van der Waals surface area (Å²) in [6.45, 7) is 5.51. The van der Waals surface area contributed by atoms with E-state index in [1.54, 1.807) is 6.92 Å². The lowest BCUT2D eigenvalue weighted by Crippen LogP contribution is -2.30. The maximum atomic E-state index is 13.1. The molecule has 2 heterocycles. The van der Waals surface area contributed by atoms with Gasteiger partial charge in [-0.05, 0) is 43.7 Å². The van der Waals surface area contributed by atoms with Crippen LogP contribution in [0.5, 0.6) is 0 Å². The Hall–Kier alpha value is -2.60. The molecule has 5 nitrogen and oxygen atoms in total. The molecule has 0 fully saturated rings. The minimum absolute atomic E-state index is 0.0346. The lowest BCUT2D eigenvalue weighted by atomic mass is 10.0. The predicted molar refractivity (Wildman–Crippen MR) is 109 cm³/mol. The van der Waals surface area contributed by atoms with Crippen molar-refractivity contribution in [1.82, 2.24) is 4.90 Å². The Labute approximate surface area is 189 Å². The summed E-state index contributed by atoms with van der Waals surface area (Å²) in [6, 6.07) is 0.645. The summed E-state index contributed by atoms with van der Waals surface area (Å²) in [5, 5.41) is 2.37. The molecule has 1 aliphatic rings. The number of benzene rings is 1. The van der Waals surface area contributed by atoms with Gasteiger partial charge in [0.15, 0.2) is 0 Å². The van der Waals surface area contributed by atoms with Crippen molar-refractivity contribution in [2.24, 2.45) is 0 Å². The van der Waals surface area contributed by atoms with E-state index in [9.17, 15) is 35.9 Å². The number of nitrogens with zero attached hydrogens (tertiary/aromatic N) is 1. The molecule has 1 amide bonds. The zero-order chi connectivity index (χ0) is 24.6. The lowest BCUT2D eigenvalue weighted by molar-refractivity contribution is -0.143. The van der Waals surface area contributed by atoms with Crippen molar-refractivity contribution in [3.05, 3.63) is 50.9 Å². The largest absolute Gasteiger partial charge is 0.462 e. The lowest BCUT2D eigenvalue weighted by Gasteiger charge is -2.25. The Bertz CT molecular complexity index is 1030. The third-order valence-electron chi connectivity index (χ3n) is 5.14. The van der Waals surface area contributed by atoms with E-state index >= 15 is 0 Å². The number of anilines is 1. The molecule has 1 aromatic heterocycles. The Morgan fingerprint density at radius 2 is 1.67 bits per heavy atom. The van der Waals surface area contributed by atoms with Gasteiger partial charge in [-0.1, -0.05) is 6.92 Å². The van der Waals surface area contributed by atoms with E-state index in [1.165, 1.54) is 0 Å². The third kappa shape index (κ3) is 5.49. The van der Waals surface area contributed by atoms with Crippen molar-refractivity contribution >= 4 is 28.2 Å². The van der Waals surface area contributed by atoms with Crippen LogP contribution in [0, 0.1) is 0 Å². The van der Waals surface area contributed by atoms with Gasteiger partial charge in [-0.25, -0.2) is 4.79 Å². The Morgan fingerprint density at radius 1 is 1.06 bits per heavy atom. The molecule has 2 aromatic rings. The smallest absolute Gasteiger partial charge is 0.416 e. The van der Waals surface area contributed by atoms with E-state index in [4.69, 9.17) is 4.74 Å². The number of nitrogens with one attached hydrogen (secondary N) is 1. The molecular formula is C21H20F6N2O3S. The molecule has 0 unspecified atom stereocenters. The molecule has 0 radical (unpaired) electrons. The minimum Gasteiger partial charge on any atom is -0.462 e. The predicted octanol–water partition coefficient (Wildman–Crippen LogP) is 5.59. The first kappa shape index (κ1) is 25.0. The van der Waals surface area contributed by atoms with Crippen LogP contribution in [0.3, 0.4) is 0 Å². The summed E-state index contributed by atoms with van der Waals surface area (Å²) < 4.78 is 83.9. The number of alkyl halides is 6. The SMILES string of the molecule is CCOC(=O)c1c(NC(=O)c2cc(C(F)(F)F)cc(C(F)(F)F)c2)sc2c1CCN(CC)C2. The number of ether oxygens (including phenoxy) is 1. The number of amides is 1. The number of rotatable bonds is 5. The van der Waals surface area contributed by atoms with E-state index in [0.29, 0.717) is 37.2 Å². The van der Waals surface area contributed by atoms with Gasteiger partial charge in [0.1, 0.15) is 5.00 Å². The van der Waals surface area contributed by atoms with Crippen LogP contribution in [-0.2, 0) is 30.1 Å². The van der Waals surface area contributed by atoms with Crippen LogP contribution in [0.1, 0.15) is 56.1 Å². The van der Waals surface area contributed by atoms with Gasteiger partial charge < -0.3 is 10.1 Å². The quantitative estimate of drug-likeness (QED) is 0.435. The highest BCUT2D eigenvalue weighted by Crippen LogP contribution is 2.39. The van der Waals surface area contributed by atoms with Gasteiger partial charge in [-0.3, -0.25) is 9.69 Å². The van der Waals surface area contributed by atoms with Crippen molar-refractivity contribution in [3.8, 4) is 0 Å². The van der Waals surface area contributed by atoms with Gasteiger partial charge in [0, 0.05) is 23.5 Å². The maximum Gasteiger partial charge on any atom is 0.416 e. The summed E-state index contributed by atoms with van der Waals surface area (Å²) in [5.41, 5.74) is -3.27. The number of thiophene rings is 1. The van der Waals surface area contributed by atoms with Crippen molar-refractivity contribution in [2.75, 3.05) is 25.0 Å². The first-order valence-electron chi connectivity index (χ1n) is 10.00. The van der Waals surface area contributed by atoms with E-state index in [2.05, 4.69) is 10.2 Å². The molecule has 0 bridgehead atoms. The summed E-state index contributed by atoms with van der Waals surface area (Å²) in [5.74, 6) is -1.90. The first-order valence-corrected chi connectivity index (χ1v) is 10.8. The number of esters is 1. The zero-order valence-electron chi connectivity index (χ0n) is 17.6. The number of carbonyl (C=O) groups is 2. The van der Waals surface area contributed by atoms with Crippen LogP contribution in [0.2, 0.25) is 0 Å². The highest BCUT2D eigenvalue weighted by Gasteiger charge is 2.38. The van der Waals surface area contributed by atoms with E-state index in [-0.39, 0.29) is 23.2 Å². The molecule has 1 N–H and O–H groups in total. The molecule has 0 atom stereocenters. The number of halogens is 6. The Kier molecular flexibility index (Phi) is 7.08. The second-order valence-electron chi connectivity index (χ2n) is 7.30. The molecule has 0 saturated heterocycles. The summed E-state index contributed by atoms with van der Waals surface area (Å²) in [6.07, 6.45) is -9.68. The van der Waals surface area contributed by atoms with Crippen molar-refractivity contribution in [1.29, 1.82) is 0 Å². The summed E-state index contributed by atoms with van der Waals surface area (Å²) >= 11 is 1.06. The van der Waals surface area contributed by atoms with Gasteiger partial charge >= 0.3 is 18.3 Å². The topological polar surface area (TPSA) is 58.6 Å². The van der Waals surface area contributed by atoms with Crippen LogP contribution in [-0.4, -0.2) is 36.5 Å². The Balaban J connectivity index is 2.02. The van der Waals surface area contributed by atoms with Gasteiger partial charge in [0.25, 0.3) is 5.91 Å². The van der Waals surface area contributed by atoms with Gasteiger partial charge in [0.05, 0.1) is 23.3 Å². The molecule has 180 valence electrons. The molecule has 0 aliphatic carbocycles. The molecule has 1 aliphatic heterocycles. The highest BCUT2D eigenvalue weighted by molar-refractivity contribution is 7.17. The van der Waals surface area contributed by atoms with Gasteiger partial charge in [-0.15, -0.1) is 11.3 Å². The molecule has 3 rings (SSSR count). The first-order chi connectivity index (χ1) is 15.3. The summed E-state index contributed by atoms with van der Waals surface area (Å²) in [7, 11) is 0. The van der Waals surface area contributed by atoms with Crippen molar-refractivity contribution in [2.45, 2.75) is 39.2 Å². The van der Waals surface area contributed by atoms with Gasteiger partial charge in [-0.2, -0.15) is 26.3 Å². The average Bonchev–Trinajstić information content (AvgIpc) is 3.09. The van der Waals surface area contributed by atoms with Gasteiger partial charge in [0.2, 0.25) is 0 Å². The fourth-order valence-corrected chi connectivity index (χ4v) is 4.77. The fraction of sp³-hybridized carbons (Fsp3) is 0.429. The van der Waals surface area contributed by atoms with E-state index < -0.39 is 40.9 Å². The highest BCUT2D eigenvalue weighted by atomic mass is 32.1. The minimum atomic E-state index is -5.09.